The molecule has 0 aromatic carbocycles. The molecule has 2 rings (SSSR count). The van der Waals surface area contributed by atoms with E-state index in [2.05, 4.69) is 5.32 Å². The third-order valence-corrected chi connectivity index (χ3v) is 3.69. The van der Waals surface area contributed by atoms with Crippen LogP contribution >= 0.6 is 0 Å². The van der Waals surface area contributed by atoms with Crippen molar-refractivity contribution >= 4 is 6.09 Å². The van der Waals surface area contributed by atoms with E-state index < -0.39 is 5.60 Å². The smallest absolute Gasteiger partial charge is 0.410 e. The third-order valence-electron chi connectivity index (χ3n) is 3.69. The van der Waals surface area contributed by atoms with Crippen LogP contribution in [-0.4, -0.2) is 52.5 Å². The first-order valence-corrected chi connectivity index (χ1v) is 7.84. The molecule has 0 aromatic heterocycles. The van der Waals surface area contributed by atoms with Crippen LogP contribution < -0.4 is 5.32 Å². The minimum Gasteiger partial charge on any atom is -0.444 e. The van der Waals surface area contributed by atoms with Gasteiger partial charge in [-0.2, -0.15) is 0 Å². The van der Waals surface area contributed by atoms with Gasteiger partial charge >= 0.3 is 6.09 Å². The molecular formula is C16H27N3O3. The van der Waals surface area contributed by atoms with Crippen molar-refractivity contribution in [2.75, 3.05) is 19.6 Å². The Hall–Kier alpha value is -1.69. The Morgan fingerprint density at radius 3 is 2.82 bits per heavy atom. The Kier molecular flexibility index (Phi) is 5.01. The minimum absolute atomic E-state index is 0.118. The number of amides is 1. The zero-order valence-electron chi connectivity index (χ0n) is 13.9. The average molecular weight is 309 g/mol. The highest BCUT2D eigenvalue weighted by molar-refractivity contribution is 5.68. The molecular weight excluding hydrogens is 282 g/mol. The largest absolute Gasteiger partial charge is 0.444 e. The van der Waals surface area contributed by atoms with E-state index in [4.69, 9.17) is 4.74 Å². The fourth-order valence-corrected chi connectivity index (χ4v) is 2.67. The van der Waals surface area contributed by atoms with E-state index in [9.17, 15) is 10.0 Å². The highest BCUT2D eigenvalue weighted by Gasteiger charge is 2.28. The van der Waals surface area contributed by atoms with Gasteiger partial charge in [-0.25, -0.2) is 9.86 Å². The number of carbonyl (C=O) groups excluding carboxylic acids is 1. The highest BCUT2D eigenvalue weighted by Crippen LogP contribution is 2.18. The number of rotatable bonds is 2. The maximum atomic E-state index is 12.2. The summed E-state index contributed by atoms with van der Waals surface area (Å²) in [5, 5.41) is 14.5. The van der Waals surface area contributed by atoms with Crippen LogP contribution in [0, 0.1) is 0 Å². The van der Waals surface area contributed by atoms with Crippen molar-refractivity contribution in [1.29, 1.82) is 0 Å². The molecule has 0 saturated carbocycles. The molecule has 1 amide bonds. The van der Waals surface area contributed by atoms with Crippen LogP contribution in [0.2, 0.25) is 0 Å². The van der Waals surface area contributed by atoms with Gasteiger partial charge in [-0.3, -0.25) is 5.21 Å². The predicted molar refractivity (Wildman–Crippen MR) is 84.3 cm³/mol. The molecule has 0 spiro atoms. The predicted octanol–water partition coefficient (Wildman–Crippen LogP) is 2.47. The summed E-state index contributed by atoms with van der Waals surface area (Å²) >= 11 is 0. The number of hydrogen-bond acceptors (Lipinski definition) is 5. The number of nitrogens with one attached hydrogen (secondary N) is 1. The first-order valence-electron chi connectivity index (χ1n) is 7.84. The quantitative estimate of drug-likeness (QED) is 0.820. The second-order valence-corrected chi connectivity index (χ2v) is 6.93. The van der Waals surface area contributed by atoms with Gasteiger partial charge in [0, 0.05) is 19.1 Å². The van der Waals surface area contributed by atoms with Crippen LogP contribution in [0.1, 0.15) is 40.5 Å². The van der Waals surface area contributed by atoms with Crippen LogP contribution in [0.25, 0.3) is 0 Å². The van der Waals surface area contributed by atoms with E-state index in [0.29, 0.717) is 19.6 Å². The Morgan fingerprint density at radius 2 is 2.18 bits per heavy atom. The second kappa shape index (κ2) is 6.60. The van der Waals surface area contributed by atoms with Gasteiger partial charge in [0.2, 0.25) is 0 Å². The molecule has 0 aromatic rings. The fourth-order valence-electron chi connectivity index (χ4n) is 2.67. The van der Waals surface area contributed by atoms with Crippen LogP contribution in [0.5, 0.6) is 0 Å². The molecule has 1 saturated heterocycles. The lowest BCUT2D eigenvalue weighted by Gasteiger charge is -2.36. The number of ether oxygens (including phenoxy) is 1. The molecule has 1 atom stereocenters. The molecule has 22 heavy (non-hydrogen) atoms. The first kappa shape index (κ1) is 16.7. The molecule has 0 unspecified atom stereocenters. The number of piperidine rings is 1. The van der Waals surface area contributed by atoms with Gasteiger partial charge in [0.25, 0.3) is 0 Å². The summed E-state index contributed by atoms with van der Waals surface area (Å²) in [5.41, 5.74) is 0.509. The zero-order chi connectivity index (χ0) is 16.3. The average Bonchev–Trinajstić information content (AvgIpc) is 2.41. The summed E-state index contributed by atoms with van der Waals surface area (Å²) in [5.74, 6) is 0.721. The number of hydroxylamine groups is 2. The number of nitrogens with zero attached hydrogens (tertiary/aromatic N) is 2. The van der Waals surface area contributed by atoms with Crippen molar-refractivity contribution in [2.24, 2.45) is 0 Å². The molecule has 0 radical (unpaired) electrons. The van der Waals surface area contributed by atoms with Gasteiger partial charge < -0.3 is 15.0 Å². The molecule has 2 heterocycles. The summed E-state index contributed by atoms with van der Waals surface area (Å²) in [7, 11) is 0. The minimum atomic E-state index is -0.480. The van der Waals surface area contributed by atoms with E-state index in [1.165, 1.54) is 5.06 Å². The van der Waals surface area contributed by atoms with Crippen molar-refractivity contribution in [3.63, 3.8) is 0 Å². The van der Waals surface area contributed by atoms with Gasteiger partial charge in [0.05, 0.1) is 6.54 Å². The Labute approximate surface area is 132 Å². The van der Waals surface area contributed by atoms with Crippen molar-refractivity contribution in [1.82, 2.24) is 15.3 Å². The van der Waals surface area contributed by atoms with Gasteiger partial charge in [-0.1, -0.05) is 12.2 Å². The normalized spacial score (nSPS) is 22.9. The molecule has 2 aliphatic rings. The maximum absolute atomic E-state index is 12.2. The van der Waals surface area contributed by atoms with Crippen LogP contribution in [0.4, 0.5) is 4.79 Å². The van der Waals surface area contributed by atoms with Crippen molar-refractivity contribution in [3.8, 4) is 0 Å². The van der Waals surface area contributed by atoms with Gasteiger partial charge in [-0.05, 0) is 46.1 Å². The monoisotopic (exact) mass is 309 g/mol. The van der Waals surface area contributed by atoms with Crippen molar-refractivity contribution in [3.05, 3.63) is 23.5 Å². The molecule has 6 heteroatoms. The topological polar surface area (TPSA) is 65.0 Å². The lowest BCUT2D eigenvalue weighted by Crippen LogP contribution is -2.50. The Morgan fingerprint density at radius 1 is 1.45 bits per heavy atom. The van der Waals surface area contributed by atoms with E-state index in [-0.39, 0.29) is 12.1 Å². The standard InChI is InChI=1S/C16H27N3O3/c1-12-7-5-10-19(21)14(12)17-13-8-6-9-18(11-13)15(20)22-16(2,3)4/h5,7,13,17,21H,6,8-11H2,1-4H3/t13-/m1/s1. The number of carbonyl (C=O) groups is 1. The number of likely N-dealkylation sites (tertiary alicyclic amines) is 1. The molecule has 0 aliphatic carbocycles. The molecule has 2 N–H and O–H groups in total. The SMILES string of the molecule is CC1=C(N[C@@H]2CCCN(C(=O)OC(C)(C)C)C2)N(O)CC=C1. The molecule has 124 valence electrons. The van der Waals surface area contributed by atoms with Gasteiger partial charge in [0.15, 0.2) is 0 Å². The lowest BCUT2D eigenvalue weighted by atomic mass is 10.1. The highest BCUT2D eigenvalue weighted by atomic mass is 16.6. The fraction of sp³-hybridized carbons (Fsp3) is 0.688. The Bertz CT molecular complexity index is 480. The van der Waals surface area contributed by atoms with Crippen LogP contribution in [0.15, 0.2) is 23.5 Å². The molecule has 1 fully saturated rings. The lowest BCUT2D eigenvalue weighted by molar-refractivity contribution is -0.0562. The van der Waals surface area contributed by atoms with E-state index >= 15 is 0 Å². The van der Waals surface area contributed by atoms with Crippen molar-refractivity contribution in [2.45, 2.75) is 52.2 Å². The van der Waals surface area contributed by atoms with E-state index in [1.54, 1.807) is 4.90 Å². The summed E-state index contributed by atoms with van der Waals surface area (Å²) in [4.78, 5) is 13.9. The number of allylic oxidation sites excluding steroid dienone is 2. The summed E-state index contributed by atoms with van der Waals surface area (Å²) < 4.78 is 5.43. The van der Waals surface area contributed by atoms with Gasteiger partial charge in [-0.15, -0.1) is 0 Å². The maximum Gasteiger partial charge on any atom is 0.410 e. The van der Waals surface area contributed by atoms with E-state index in [0.717, 1.165) is 24.2 Å². The first-order chi connectivity index (χ1) is 10.3. The van der Waals surface area contributed by atoms with Gasteiger partial charge in [0.1, 0.15) is 11.4 Å². The molecule has 6 nitrogen and oxygen atoms in total. The molecule has 0 bridgehead atoms. The van der Waals surface area contributed by atoms with Crippen LogP contribution in [0.3, 0.4) is 0 Å². The zero-order valence-corrected chi connectivity index (χ0v) is 13.9. The van der Waals surface area contributed by atoms with Crippen LogP contribution in [-0.2, 0) is 4.74 Å². The van der Waals surface area contributed by atoms with E-state index in [1.807, 2.05) is 39.8 Å². The summed E-state index contributed by atoms with van der Waals surface area (Å²) in [6.07, 6.45) is 5.52. The van der Waals surface area contributed by atoms with Crippen molar-refractivity contribution < 1.29 is 14.7 Å². The number of hydrogen-bond donors (Lipinski definition) is 2. The molecule has 2 aliphatic heterocycles. The third kappa shape index (κ3) is 4.40. The Balaban J connectivity index is 1.96. The second-order valence-electron chi connectivity index (χ2n) is 6.93. The summed E-state index contributed by atoms with van der Waals surface area (Å²) in [6, 6.07) is 0.118. The summed E-state index contributed by atoms with van der Waals surface area (Å²) in [6.45, 7) is 9.35.